The van der Waals surface area contributed by atoms with Crippen molar-refractivity contribution in [1.29, 1.82) is 0 Å². The van der Waals surface area contributed by atoms with E-state index >= 15 is 0 Å². The maximum Gasteiger partial charge on any atom is 0.0917 e. The number of hydrogen-bond donors (Lipinski definition) is 1. The van der Waals surface area contributed by atoms with Crippen LogP contribution in [0.15, 0.2) is 84.9 Å². The highest BCUT2D eigenvalue weighted by Crippen LogP contribution is 2.19. The second kappa shape index (κ2) is 9.36. The summed E-state index contributed by atoms with van der Waals surface area (Å²) in [6.07, 6.45) is -0.504. The van der Waals surface area contributed by atoms with Gasteiger partial charge < -0.3 is 10.0 Å². The van der Waals surface area contributed by atoms with Crippen LogP contribution in [0.25, 0.3) is 0 Å². The average Bonchev–Trinajstić information content (AvgIpc) is 2.70. The fourth-order valence-corrected chi connectivity index (χ4v) is 3.21. The minimum Gasteiger partial charge on any atom is -0.387 e. The fourth-order valence-electron chi connectivity index (χ4n) is 3.21. The zero-order valence-corrected chi connectivity index (χ0v) is 16.1. The molecular weight excluding hydrogens is 332 g/mol. The van der Waals surface area contributed by atoms with E-state index < -0.39 is 6.10 Å². The first-order valence-corrected chi connectivity index (χ1v) is 9.37. The number of benzene rings is 3. The number of aliphatic hydroxyl groups excluding tert-OH is 1. The Kier molecular flexibility index (Phi) is 6.64. The van der Waals surface area contributed by atoms with Crippen molar-refractivity contribution in [2.24, 2.45) is 0 Å². The van der Waals surface area contributed by atoms with E-state index in [-0.39, 0.29) is 0 Å². The summed E-state index contributed by atoms with van der Waals surface area (Å²) in [7, 11) is 4.10. The summed E-state index contributed by atoms with van der Waals surface area (Å²) in [6.45, 7) is 2.20. The van der Waals surface area contributed by atoms with Gasteiger partial charge in [-0.05, 0) is 28.8 Å². The first kappa shape index (κ1) is 19.2. The van der Waals surface area contributed by atoms with Gasteiger partial charge in [0.05, 0.1) is 6.10 Å². The predicted molar refractivity (Wildman–Crippen MR) is 113 cm³/mol. The van der Waals surface area contributed by atoms with Crippen molar-refractivity contribution in [2.45, 2.75) is 19.2 Å². The van der Waals surface area contributed by atoms with Crippen molar-refractivity contribution in [3.8, 4) is 0 Å². The van der Waals surface area contributed by atoms with Crippen molar-refractivity contribution < 1.29 is 5.11 Å². The van der Waals surface area contributed by atoms with Crippen LogP contribution in [0.5, 0.6) is 0 Å². The van der Waals surface area contributed by atoms with E-state index in [1.807, 2.05) is 50.5 Å². The topological polar surface area (TPSA) is 26.7 Å². The smallest absolute Gasteiger partial charge is 0.0917 e. The molecule has 0 saturated carbocycles. The number of anilines is 1. The van der Waals surface area contributed by atoms with E-state index in [0.29, 0.717) is 6.54 Å². The number of rotatable bonds is 8. The van der Waals surface area contributed by atoms with Gasteiger partial charge in [-0.25, -0.2) is 0 Å². The quantitative estimate of drug-likeness (QED) is 0.641. The van der Waals surface area contributed by atoms with Crippen molar-refractivity contribution in [3.63, 3.8) is 0 Å². The van der Waals surface area contributed by atoms with Gasteiger partial charge >= 0.3 is 0 Å². The van der Waals surface area contributed by atoms with Gasteiger partial charge in [0.15, 0.2) is 0 Å². The van der Waals surface area contributed by atoms with Crippen molar-refractivity contribution in [2.75, 3.05) is 25.5 Å². The summed E-state index contributed by atoms with van der Waals surface area (Å²) < 4.78 is 0. The molecule has 3 nitrogen and oxygen atoms in total. The van der Waals surface area contributed by atoms with Crippen LogP contribution in [0.2, 0.25) is 0 Å². The Hall–Kier alpha value is -2.62. The third-order valence-electron chi connectivity index (χ3n) is 4.72. The Bertz CT molecular complexity index is 801. The molecule has 1 N–H and O–H groups in total. The SMILES string of the molecule is CN(C)c1ccc(CN(Cc2ccccc2)C[C@@H](O)c2ccccc2)cc1. The summed E-state index contributed by atoms with van der Waals surface area (Å²) >= 11 is 0. The number of hydrogen-bond acceptors (Lipinski definition) is 3. The molecule has 3 aromatic rings. The van der Waals surface area contributed by atoms with Gasteiger partial charge in [-0.2, -0.15) is 0 Å². The molecule has 3 heteroatoms. The Morgan fingerprint density at radius 1 is 0.704 bits per heavy atom. The number of aliphatic hydroxyl groups is 1. The van der Waals surface area contributed by atoms with Crippen LogP contribution in [0.1, 0.15) is 22.8 Å². The molecule has 27 heavy (non-hydrogen) atoms. The molecule has 0 spiro atoms. The first-order valence-electron chi connectivity index (χ1n) is 9.37. The highest BCUT2D eigenvalue weighted by molar-refractivity contribution is 5.46. The monoisotopic (exact) mass is 360 g/mol. The molecule has 0 fully saturated rings. The third kappa shape index (κ3) is 5.68. The van der Waals surface area contributed by atoms with Crippen LogP contribution in [0.4, 0.5) is 5.69 Å². The Morgan fingerprint density at radius 2 is 1.22 bits per heavy atom. The van der Waals surface area contributed by atoms with Crippen molar-refractivity contribution in [3.05, 3.63) is 102 Å². The Labute approximate surface area is 162 Å². The van der Waals surface area contributed by atoms with E-state index in [0.717, 1.165) is 18.7 Å². The van der Waals surface area contributed by atoms with Gasteiger partial charge in [-0.1, -0.05) is 72.8 Å². The molecule has 0 heterocycles. The summed E-state index contributed by atoms with van der Waals surface area (Å²) in [5.74, 6) is 0. The highest BCUT2D eigenvalue weighted by atomic mass is 16.3. The standard InChI is InChI=1S/C24H28N2O/c1-25(2)23-15-13-21(14-16-23)18-26(17-20-9-5-3-6-10-20)19-24(27)22-11-7-4-8-12-22/h3-16,24,27H,17-19H2,1-2H3/t24-/m1/s1. The van der Waals surface area contributed by atoms with Crippen molar-refractivity contribution >= 4 is 5.69 Å². The molecule has 0 aromatic heterocycles. The molecule has 0 aliphatic heterocycles. The Morgan fingerprint density at radius 3 is 1.78 bits per heavy atom. The zero-order valence-electron chi connectivity index (χ0n) is 16.1. The fraction of sp³-hybridized carbons (Fsp3) is 0.250. The molecule has 0 aliphatic carbocycles. The molecule has 3 rings (SSSR count). The van der Waals surface area contributed by atoms with Gasteiger partial charge in [0.1, 0.15) is 0 Å². The summed E-state index contributed by atoms with van der Waals surface area (Å²) in [6, 6.07) is 28.9. The summed E-state index contributed by atoms with van der Waals surface area (Å²) in [4.78, 5) is 4.41. The van der Waals surface area contributed by atoms with E-state index in [4.69, 9.17) is 0 Å². The third-order valence-corrected chi connectivity index (χ3v) is 4.72. The molecule has 0 saturated heterocycles. The molecule has 3 aromatic carbocycles. The zero-order chi connectivity index (χ0) is 19.1. The minimum absolute atomic E-state index is 0.504. The number of nitrogens with zero attached hydrogens (tertiary/aromatic N) is 2. The van der Waals surface area contributed by atoms with Gasteiger partial charge in [0.2, 0.25) is 0 Å². The summed E-state index contributed by atoms with van der Waals surface area (Å²) in [5, 5.41) is 10.7. The van der Waals surface area contributed by atoms with Crippen LogP contribution in [-0.4, -0.2) is 30.6 Å². The van der Waals surface area contributed by atoms with Gasteiger partial charge in [-0.15, -0.1) is 0 Å². The molecule has 140 valence electrons. The van der Waals surface area contributed by atoms with Gasteiger partial charge in [0.25, 0.3) is 0 Å². The van der Waals surface area contributed by atoms with E-state index in [2.05, 4.69) is 58.3 Å². The maximum absolute atomic E-state index is 10.7. The lowest BCUT2D eigenvalue weighted by molar-refractivity contribution is 0.105. The van der Waals surface area contributed by atoms with Crippen LogP contribution in [0.3, 0.4) is 0 Å². The minimum atomic E-state index is -0.504. The second-order valence-electron chi connectivity index (χ2n) is 7.14. The second-order valence-corrected chi connectivity index (χ2v) is 7.14. The molecule has 0 aliphatic rings. The van der Waals surface area contributed by atoms with Gasteiger partial charge in [0, 0.05) is 39.4 Å². The predicted octanol–water partition coefficient (Wildman–Crippen LogP) is 4.49. The lowest BCUT2D eigenvalue weighted by Crippen LogP contribution is -2.28. The highest BCUT2D eigenvalue weighted by Gasteiger charge is 2.14. The van der Waals surface area contributed by atoms with Crippen LogP contribution in [0, 0.1) is 0 Å². The van der Waals surface area contributed by atoms with E-state index in [1.54, 1.807) is 0 Å². The van der Waals surface area contributed by atoms with E-state index in [9.17, 15) is 5.11 Å². The summed E-state index contributed by atoms with van der Waals surface area (Å²) in [5.41, 5.74) is 4.65. The van der Waals surface area contributed by atoms with Gasteiger partial charge in [-0.3, -0.25) is 4.90 Å². The molecular formula is C24H28N2O. The molecule has 1 atom stereocenters. The van der Waals surface area contributed by atoms with E-state index in [1.165, 1.54) is 16.8 Å². The Balaban J connectivity index is 1.74. The van der Waals surface area contributed by atoms with Crippen LogP contribution < -0.4 is 4.90 Å². The normalized spacial score (nSPS) is 12.1. The molecule has 0 unspecified atom stereocenters. The molecule has 0 radical (unpaired) electrons. The maximum atomic E-state index is 10.7. The largest absolute Gasteiger partial charge is 0.387 e. The lowest BCUT2D eigenvalue weighted by atomic mass is 10.1. The lowest BCUT2D eigenvalue weighted by Gasteiger charge is -2.26. The van der Waals surface area contributed by atoms with Crippen LogP contribution in [-0.2, 0) is 13.1 Å². The van der Waals surface area contributed by atoms with Crippen LogP contribution >= 0.6 is 0 Å². The van der Waals surface area contributed by atoms with Crippen molar-refractivity contribution in [1.82, 2.24) is 4.90 Å². The first-order chi connectivity index (χ1) is 13.1. The molecule has 0 amide bonds. The molecule has 0 bridgehead atoms. The average molecular weight is 361 g/mol.